The van der Waals surface area contributed by atoms with Crippen LogP contribution in [-0.4, -0.2) is 16.7 Å². The van der Waals surface area contributed by atoms with E-state index < -0.39 is 11.0 Å². The Morgan fingerprint density at radius 1 is 0.967 bits per heavy atom. The number of nitrogens with zero attached hydrogens (tertiary/aromatic N) is 1. The minimum absolute atomic E-state index is 0.0236. The fraction of sp³-hybridized carbons (Fsp3) is 0.130. The summed E-state index contributed by atoms with van der Waals surface area (Å²) in [5, 5.41) is 16.7. The molecule has 0 fully saturated rings. The molecular weight excluding hydrogens is 382 g/mol. The molecule has 3 rings (SSSR count). The highest BCUT2D eigenvalue weighted by Gasteiger charge is 2.20. The van der Waals surface area contributed by atoms with E-state index in [1.807, 2.05) is 36.4 Å². The Balaban J connectivity index is 1.76. The number of carbonyl (C=O) groups is 2. The van der Waals surface area contributed by atoms with Crippen LogP contribution in [0.2, 0.25) is 0 Å². The maximum Gasteiger partial charge on any atom is 0.274 e. The van der Waals surface area contributed by atoms with Crippen molar-refractivity contribution in [2.75, 3.05) is 5.32 Å². The topological polar surface area (TPSA) is 101 Å². The smallest absolute Gasteiger partial charge is 0.274 e. The maximum absolute atomic E-state index is 12.6. The van der Waals surface area contributed by atoms with Crippen molar-refractivity contribution < 1.29 is 14.5 Å². The standard InChI is InChI=1S/C23H21N3O4/c1-16-12-13-19(14-21(16)26(29)30)24-22(27)15-20(17-8-4-2-5-9-17)25-23(28)18-10-6-3-7-11-18/h2-14,20H,15H2,1H3,(H,24,27)(H,25,28). The van der Waals surface area contributed by atoms with Crippen molar-refractivity contribution in [2.45, 2.75) is 19.4 Å². The first-order valence-corrected chi connectivity index (χ1v) is 9.40. The highest BCUT2D eigenvalue weighted by atomic mass is 16.6. The Morgan fingerprint density at radius 3 is 2.23 bits per heavy atom. The van der Waals surface area contributed by atoms with Crippen molar-refractivity contribution in [3.8, 4) is 0 Å². The number of nitrogens with one attached hydrogen (secondary N) is 2. The fourth-order valence-corrected chi connectivity index (χ4v) is 3.05. The van der Waals surface area contributed by atoms with Crippen LogP contribution in [0.25, 0.3) is 0 Å². The van der Waals surface area contributed by atoms with E-state index in [1.165, 1.54) is 6.07 Å². The molecule has 0 aliphatic rings. The summed E-state index contributed by atoms with van der Waals surface area (Å²) in [5.74, 6) is -0.654. The van der Waals surface area contributed by atoms with E-state index in [-0.39, 0.29) is 23.9 Å². The molecule has 0 aliphatic heterocycles. The number of hydrogen-bond donors (Lipinski definition) is 2. The quantitative estimate of drug-likeness (QED) is 0.451. The normalized spacial score (nSPS) is 11.4. The SMILES string of the molecule is Cc1ccc(NC(=O)CC(NC(=O)c2ccccc2)c2ccccc2)cc1[N+](=O)[O-]. The summed E-state index contributed by atoms with van der Waals surface area (Å²) < 4.78 is 0. The molecule has 2 N–H and O–H groups in total. The van der Waals surface area contributed by atoms with Crippen molar-refractivity contribution in [2.24, 2.45) is 0 Å². The van der Waals surface area contributed by atoms with Crippen LogP contribution in [0.15, 0.2) is 78.9 Å². The van der Waals surface area contributed by atoms with Gasteiger partial charge < -0.3 is 10.6 Å². The van der Waals surface area contributed by atoms with E-state index in [2.05, 4.69) is 10.6 Å². The van der Waals surface area contributed by atoms with E-state index >= 15 is 0 Å². The molecule has 1 unspecified atom stereocenters. The Bertz CT molecular complexity index is 1050. The summed E-state index contributed by atoms with van der Waals surface area (Å²) in [6.45, 7) is 1.63. The van der Waals surface area contributed by atoms with Gasteiger partial charge in [0.25, 0.3) is 11.6 Å². The van der Waals surface area contributed by atoms with Crippen molar-refractivity contribution in [1.82, 2.24) is 5.32 Å². The molecule has 0 saturated heterocycles. The molecule has 0 aliphatic carbocycles. The van der Waals surface area contributed by atoms with Crippen LogP contribution < -0.4 is 10.6 Å². The van der Waals surface area contributed by atoms with E-state index in [0.717, 1.165) is 5.56 Å². The van der Waals surface area contributed by atoms with Crippen molar-refractivity contribution in [3.63, 3.8) is 0 Å². The molecular formula is C23H21N3O4. The Morgan fingerprint density at radius 2 is 1.60 bits per heavy atom. The highest BCUT2D eigenvalue weighted by Crippen LogP contribution is 2.23. The molecule has 0 radical (unpaired) electrons. The van der Waals surface area contributed by atoms with Gasteiger partial charge in [0.05, 0.1) is 17.4 Å². The molecule has 2 amide bonds. The summed E-state index contributed by atoms with van der Waals surface area (Å²) in [6, 6.07) is 21.9. The third-order valence-corrected chi connectivity index (χ3v) is 4.62. The molecule has 0 saturated carbocycles. The predicted molar refractivity (Wildman–Crippen MR) is 114 cm³/mol. The third kappa shape index (κ3) is 5.29. The van der Waals surface area contributed by atoms with Crippen LogP contribution >= 0.6 is 0 Å². The van der Waals surface area contributed by atoms with Crippen molar-refractivity contribution in [1.29, 1.82) is 0 Å². The first-order valence-electron chi connectivity index (χ1n) is 9.40. The van der Waals surface area contributed by atoms with Gasteiger partial charge in [-0.15, -0.1) is 0 Å². The molecule has 0 aromatic heterocycles. The molecule has 7 heteroatoms. The van der Waals surface area contributed by atoms with Gasteiger partial charge in [0.1, 0.15) is 0 Å². The summed E-state index contributed by atoms with van der Waals surface area (Å²) >= 11 is 0. The van der Waals surface area contributed by atoms with Gasteiger partial charge in [-0.1, -0.05) is 54.6 Å². The third-order valence-electron chi connectivity index (χ3n) is 4.62. The van der Waals surface area contributed by atoms with Gasteiger partial charge in [0.15, 0.2) is 0 Å². The van der Waals surface area contributed by atoms with Crippen LogP contribution in [0, 0.1) is 17.0 Å². The number of benzene rings is 3. The number of hydrogen-bond acceptors (Lipinski definition) is 4. The molecule has 3 aromatic carbocycles. The highest BCUT2D eigenvalue weighted by molar-refractivity contribution is 5.96. The molecule has 30 heavy (non-hydrogen) atoms. The van der Waals surface area contributed by atoms with Crippen LogP contribution in [0.3, 0.4) is 0 Å². The van der Waals surface area contributed by atoms with Crippen LogP contribution in [0.5, 0.6) is 0 Å². The van der Waals surface area contributed by atoms with Crippen LogP contribution in [-0.2, 0) is 4.79 Å². The summed E-state index contributed by atoms with van der Waals surface area (Å²) in [6.07, 6.45) is -0.0236. The molecule has 0 heterocycles. The molecule has 152 valence electrons. The monoisotopic (exact) mass is 403 g/mol. The first kappa shape index (κ1) is 20.7. The zero-order valence-corrected chi connectivity index (χ0v) is 16.4. The lowest BCUT2D eigenvalue weighted by Crippen LogP contribution is -2.31. The molecule has 1 atom stereocenters. The zero-order chi connectivity index (χ0) is 21.5. The molecule has 7 nitrogen and oxygen atoms in total. The Kier molecular flexibility index (Phi) is 6.54. The first-order chi connectivity index (χ1) is 14.4. The lowest BCUT2D eigenvalue weighted by molar-refractivity contribution is -0.385. The summed E-state index contributed by atoms with van der Waals surface area (Å²) in [4.78, 5) is 35.9. The number of anilines is 1. The predicted octanol–water partition coefficient (Wildman–Crippen LogP) is 4.40. The van der Waals surface area contributed by atoms with Gasteiger partial charge in [-0.25, -0.2) is 0 Å². The summed E-state index contributed by atoms with van der Waals surface area (Å²) in [7, 11) is 0. The Labute approximate surface area is 173 Å². The van der Waals surface area contributed by atoms with Gasteiger partial charge in [-0.3, -0.25) is 19.7 Å². The second-order valence-corrected chi connectivity index (χ2v) is 6.81. The Hall–Kier alpha value is -4.00. The van der Waals surface area contributed by atoms with Crippen LogP contribution in [0.4, 0.5) is 11.4 Å². The van der Waals surface area contributed by atoms with Gasteiger partial charge in [-0.2, -0.15) is 0 Å². The number of carbonyl (C=O) groups excluding carboxylic acids is 2. The van der Waals surface area contributed by atoms with Gasteiger partial charge in [0.2, 0.25) is 5.91 Å². The second kappa shape index (κ2) is 9.47. The summed E-state index contributed by atoms with van der Waals surface area (Å²) in [5.41, 5.74) is 2.05. The number of nitro benzene ring substituents is 1. The van der Waals surface area contributed by atoms with Crippen molar-refractivity contribution >= 4 is 23.2 Å². The largest absolute Gasteiger partial charge is 0.345 e. The number of aryl methyl sites for hydroxylation is 1. The minimum Gasteiger partial charge on any atom is -0.345 e. The maximum atomic E-state index is 12.6. The average Bonchev–Trinajstić information content (AvgIpc) is 2.75. The molecule has 3 aromatic rings. The van der Waals surface area contributed by atoms with E-state index in [9.17, 15) is 19.7 Å². The lowest BCUT2D eigenvalue weighted by Gasteiger charge is -2.19. The van der Waals surface area contributed by atoms with Gasteiger partial charge >= 0.3 is 0 Å². The van der Waals surface area contributed by atoms with Crippen molar-refractivity contribution in [3.05, 3.63) is 106 Å². The lowest BCUT2D eigenvalue weighted by atomic mass is 10.0. The zero-order valence-electron chi connectivity index (χ0n) is 16.4. The van der Waals surface area contributed by atoms with Gasteiger partial charge in [0, 0.05) is 22.9 Å². The fourth-order valence-electron chi connectivity index (χ4n) is 3.05. The van der Waals surface area contributed by atoms with Gasteiger partial charge in [-0.05, 0) is 30.7 Å². The van der Waals surface area contributed by atoms with E-state index in [1.54, 1.807) is 43.3 Å². The number of amides is 2. The average molecular weight is 403 g/mol. The molecule has 0 bridgehead atoms. The van der Waals surface area contributed by atoms with Crippen LogP contribution in [0.1, 0.15) is 33.9 Å². The second-order valence-electron chi connectivity index (χ2n) is 6.81. The number of rotatable bonds is 7. The van der Waals surface area contributed by atoms with E-state index in [4.69, 9.17) is 0 Å². The molecule has 0 spiro atoms. The van der Waals surface area contributed by atoms with E-state index in [0.29, 0.717) is 16.8 Å². The minimum atomic E-state index is -0.556. The number of nitro groups is 1.